The Morgan fingerprint density at radius 1 is 0.295 bits per heavy atom. The van der Waals surface area contributed by atoms with Crippen molar-refractivity contribution >= 4 is 120 Å². The molecule has 1 aliphatic rings. The van der Waals surface area contributed by atoms with Crippen LogP contribution in [0.4, 0.5) is 0 Å². The van der Waals surface area contributed by atoms with Crippen molar-refractivity contribution in [1.29, 1.82) is 0 Å². The summed E-state index contributed by atoms with van der Waals surface area (Å²) >= 11 is 0. The number of rotatable bonds is 6. The normalized spacial score (nSPS) is 14.0. The van der Waals surface area contributed by atoms with Gasteiger partial charge in [-0.1, -0.05) is 188 Å². The SMILES string of the molecule is C1=C(c2ccc3ccccc3c2)NC(c2ccc3ccccc3c2)C=C1n1c2ccccc2c2ccc3c(c4ccccc4n3-c3cc(-n4c5ccccc5c5ccccc54)cc(-n4c5ccccc5c5ccccc54)c3)c21. The third kappa shape index (κ3) is 6.30. The van der Waals surface area contributed by atoms with Crippen molar-refractivity contribution in [2.45, 2.75) is 6.04 Å². The molecular weight excluding hydrogens is 947 g/mol. The van der Waals surface area contributed by atoms with E-state index in [0.717, 1.165) is 45.1 Å². The van der Waals surface area contributed by atoms with Gasteiger partial charge in [-0.3, -0.25) is 0 Å². The van der Waals surface area contributed by atoms with Gasteiger partial charge in [0.15, 0.2) is 0 Å². The first-order valence-corrected chi connectivity index (χ1v) is 26.9. The number of para-hydroxylation sites is 6. The minimum Gasteiger partial charge on any atom is -0.374 e. The predicted molar refractivity (Wildman–Crippen MR) is 328 cm³/mol. The summed E-state index contributed by atoms with van der Waals surface area (Å²) in [7, 11) is 0. The second-order valence-corrected chi connectivity index (χ2v) is 20.9. The first-order valence-electron chi connectivity index (χ1n) is 26.9. The van der Waals surface area contributed by atoms with Crippen molar-refractivity contribution < 1.29 is 0 Å². The van der Waals surface area contributed by atoms with E-state index in [0.29, 0.717) is 0 Å². The molecular formula is C73H47N5. The molecule has 1 unspecified atom stereocenters. The molecule has 5 heterocycles. The molecule has 0 bridgehead atoms. The van der Waals surface area contributed by atoms with E-state index in [1.807, 2.05) is 0 Å². The van der Waals surface area contributed by atoms with E-state index < -0.39 is 0 Å². The molecule has 1 N–H and O–H groups in total. The Morgan fingerprint density at radius 2 is 0.705 bits per heavy atom. The summed E-state index contributed by atoms with van der Waals surface area (Å²) < 4.78 is 10.00. The molecule has 0 saturated heterocycles. The van der Waals surface area contributed by atoms with Gasteiger partial charge in [-0.15, -0.1) is 0 Å². The van der Waals surface area contributed by atoms with Crippen molar-refractivity contribution in [3.05, 3.63) is 284 Å². The lowest BCUT2D eigenvalue weighted by Gasteiger charge is -2.27. The summed E-state index contributed by atoms with van der Waals surface area (Å²) in [6.45, 7) is 0. The van der Waals surface area contributed by atoms with E-state index >= 15 is 0 Å². The van der Waals surface area contributed by atoms with Crippen molar-refractivity contribution in [2.75, 3.05) is 0 Å². The third-order valence-corrected chi connectivity index (χ3v) is 16.7. The minimum atomic E-state index is -0.115. The Labute approximate surface area is 448 Å². The van der Waals surface area contributed by atoms with Gasteiger partial charge in [0.25, 0.3) is 0 Å². The van der Waals surface area contributed by atoms with E-state index in [9.17, 15) is 0 Å². The molecule has 0 radical (unpaired) electrons. The molecule has 1 aliphatic heterocycles. The van der Waals surface area contributed by atoms with Crippen molar-refractivity contribution in [2.24, 2.45) is 0 Å². The van der Waals surface area contributed by atoms with Crippen LogP contribution < -0.4 is 5.32 Å². The molecule has 5 heteroatoms. The molecule has 0 saturated carbocycles. The lowest BCUT2D eigenvalue weighted by atomic mass is 9.96. The molecule has 17 rings (SSSR count). The highest BCUT2D eigenvalue weighted by atomic mass is 15.1. The highest BCUT2D eigenvalue weighted by molar-refractivity contribution is 6.27. The number of benzene rings is 12. The van der Waals surface area contributed by atoms with Gasteiger partial charge in [-0.25, -0.2) is 0 Å². The van der Waals surface area contributed by atoms with Crippen LogP contribution in [-0.4, -0.2) is 18.3 Å². The highest BCUT2D eigenvalue weighted by Gasteiger charge is 2.26. The van der Waals surface area contributed by atoms with E-state index in [1.165, 1.54) is 103 Å². The van der Waals surface area contributed by atoms with E-state index in [-0.39, 0.29) is 6.04 Å². The van der Waals surface area contributed by atoms with Crippen LogP contribution in [0.3, 0.4) is 0 Å². The van der Waals surface area contributed by atoms with Crippen LogP contribution >= 0.6 is 0 Å². The van der Waals surface area contributed by atoms with Gasteiger partial charge in [-0.05, 0) is 118 Å². The summed E-state index contributed by atoms with van der Waals surface area (Å²) in [6.07, 6.45) is 4.81. The summed E-state index contributed by atoms with van der Waals surface area (Å²) in [5, 5.41) is 18.7. The standard InChI is InChI=1S/C73H47N5/c1-3-19-48-39-50(35-33-46(48)17-1)63-44-55(45-64(74-63)51-36-34-47-18-2-4-20-49(47)40-51)78-69-31-15-9-25-60(69)61-37-38-71-72(73(61)78)62-26-10-16-32-70(62)77(71)54-42-52(75-65-27-11-5-21-56(65)57-22-6-12-28-66(57)75)41-53(43-54)76-67-29-13-7-23-58(67)59-24-8-14-30-68(59)76/h1-45,63,74H. The predicted octanol–water partition coefficient (Wildman–Crippen LogP) is 18.6. The maximum absolute atomic E-state index is 4.04. The van der Waals surface area contributed by atoms with Crippen LogP contribution in [-0.2, 0) is 0 Å². The minimum absolute atomic E-state index is 0.115. The van der Waals surface area contributed by atoms with Gasteiger partial charge in [0, 0.05) is 54.5 Å². The van der Waals surface area contributed by atoms with E-state index in [1.54, 1.807) is 0 Å². The fourth-order valence-corrected chi connectivity index (χ4v) is 13.3. The Hall–Kier alpha value is -10.4. The molecule has 5 nitrogen and oxygen atoms in total. The van der Waals surface area contributed by atoms with Gasteiger partial charge in [0.2, 0.25) is 0 Å². The molecule has 0 aliphatic carbocycles. The number of hydrogen-bond acceptors (Lipinski definition) is 1. The second kappa shape index (κ2) is 16.6. The Bertz CT molecular complexity index is 5030. The van der Waals surface area contributed by atoms with Crippen molar-refractivity contribution in [3.8, 4) is 17.1 Å². The van der Waals surface area contributed by atoms with Crippen LogP contribution in [0.15, 0.2) is 273 Å². The van der Waals surface area contributed by atoms with Gasteiger partial charge >= 0.3 is 0 Å². The molecule has 16 aromatic rings. The topological polar surface area (TPSA) is 31.8 Å². The number of nitrogens with zero attached hydrogens (tertiary/aromatic N) is 4. The van der Waals surface area contributed by atoms with Crippen LogP contribution in [0.2, 0.25) is 0 Å². The molecule has 12 aromatic carbocycles. The van der Waals surface area contributed by atoms with Crippen molar-refractivity contribution in [3.63, 3.8) is 0 Å². The second-order valence-electron chi connectivity index (χ2n) is 20.9. The first-order chi connectivity index (χ1) is 38.7. The van der Waals surface area contributed by atoms with E-state index in [4.69, 9.17) is 0 Å². The first kappa shape index (κ1) is 42.9. The number of allylic oxidation sites excluding steroid dienone is 2. The quantitative estimate of drug-likeness (QED) is 0.177. The van der Waals surface area contributed by atoms with Crippen molar-refractivity contribution in [1.82, 2.24) is 23.6 Å². The summed E-state index contributed by atoms with van der Waals surface area (Å²) in [5.41, 5.74) is 17.1. The number of hydrogen-bond donors (Lipinski definition) is 1. The largest absolute Gasteiger partial charge is 0.374 e. The summed E-state index contributed by atoms with van der Waals surface area (Å²) in [6, 6.07) is 96.2. The van der Waals surface area contributed by atoms with Crippen LogP contribution in [0.1, 0.15) is 17.2 Å². The molecule has 364 valence electrons. The van der Waals surface area contributed by atoms with Crippen LogP contribution in [0.5, 0.6) is 0 Å². The molecule has 0 amide bonds. The van der Waals surface area contributed by atoms with Gasteiger partial charge in [-0.2, -0.15) is 0 Å². The monoisotopic (exact) mass is 993 g/mol. The maximum Gasteiger partial charge on any atom is 0.0721 e. The Kier molecular flexibility index (Phi) is 9.12. The number of fused-ring (bicyclic) bond motifs is 15. The fraction of sp³-hybridized carbons (Fsp3) is 0.0137. The molecule has 0 fully saturated rings. The number of nitrogens with one attached hydrogen (secondary N) is 1. The molecule has 4 aromatic heterocycles. The van der Waals surface area contributed by atoms with Gasteiger partial charge in [0.1, 0.15) is 0 Å². The zero-order valence-electron chi connectivity index (χ0n) is 42.3. The maximum atomic E-state index is 4.04. The van der Waals surface area contributed by atoms with E-state index in [2.05, 4.69) is 297 Å². The zero-order valence-corrected chi connectivity index (χ0v) is 42.3. The number of aromatic nitrogens is 4. The molecule has 0 spiro atoms. The smallest absolute Gasteiger partial charge is 0.0721 e. The fourth-order valence-electron chi connectivity index (χ4n) is 13.3. The molecule has 78 heavy (non-hydrogen) atoms. The Balaban J connectivity index is 0.965. The average Bonchev–Trinajstić information content (AvgIpc) is 4.35. The number of dihydropyridines is 1. The lowest BCUT2D eigenvalue weighted by Crippen LogP contribution is -2.22. The molecule has 1 atom stereocenters. The summed E-state index contributed by atoms with van der Waals surface area (Å²) in [4.78, 5) is 0. The summed E-state index contributed by atoms with van der Waals surface area (Å²) in [5.74, 6) is 0. The third-order valence-electron chi connectivity index (χ3n) is 16.7. The van der Waals surface area contributed by atoms with Crippen LogP contribution in [0, 0.1) is 0 Å². The highest BCUT2D eigenvalue weighted by Crippen LogP contribution is 2.45. The zero-order chi connectivity index (χ0) is 51.0. The van der Waals surface area contributed by atoms with Gasteiger partial charge < -0.3 is 23.6 Å². The lowest BCUT2D eigenvalue weighted by molar-refractivity contribution is 0.763. The van der Waals surface area contributed by atoms with Crippen LogP contribution in [0.25, 0.3) is 137 Å². The Morgan fingerprint density at radius 3 is 1.24 bits per heavy atom. The average molecular weight is 994 g/mol. The van der Waals surface area contributed by atoms with Gasteiger partial charge in [0.05, 0.1) is 67.2 Å².